The summed E-state index contributed by atoms with van der Waals surface area (Å²) in [5.74, 6) is 0. The monoisotopic (exact) mass is 377 g/mol. The maximum Gasteiger partial charge on any atom is 0.294 e. The molecule has 1 aromatic rings. The van der Waals surface area contributed by atoms with Gasteiger partial charge in [-0.05, 0) is 12.1 Å². The van der Waals surface area contributed by atoms with Crippen molar-refractivity contribution in [2.24, 2.45) is 0 Å². The molecule has 25 heavy (non-hydrogen) atoms. The molecule has 11 heteroatoms. The van der Waals surface area contributed by atoms with Gasteiger partial charge in [0.05, 0.1) is 36.2 Å². The lowest BCUT2D eigenvalue weighted by Gasteiger charge is -2.07. The number of hydrogen-bond donors (Lipinski definition) is 1. The van der Waals surface area contributed by atoms with Gasteiger partial charge in [-0.2, -0.15) is 8.42 Å². The minimum absolute atomic E-state index is 0.229. The number of nitro benzene ring substituents is 1. The fourth-order valence-electron chi connectivity index (χ4n) is 1.49. The molecule has 1 aromatic carbocycles. The fraction of sp³-hybridized carbons (Fsp3) is 0.429. The summed E-state index contributed by atoms with van der Waals surface area (Å²) in [4.78, 5) is 9.13. The molecule has 0 atom stereocenters. The van der Waals surface area contributed by atoms with E-state index in [0.29, 0.717) is 39.6 Å². The average molecular weight is 377 g/mol. The molecule has 0 saturated carbocycles. The van der Waals surface area contributed by atoms with Crippen LogP contribution in [0.15, 0.2) is 41.7 Å². The van der Waals surface area contributed by atoms with Gasteiger partial charge in [0.15, 0.2) is 0 Å². The molecule has 0 radical (unpaired) electrons. The van der Waals surface area contributed by atoms with E-state index < -0.39 is 15.0 Å². The average Bonchev–Trinajstić information content (AvgIpc) is 2.55. The van der Waals surface area contributed by atoms with Crippen LogP contribution in [0.2, 0.25) is 0 Å². The van der Waals surface area contributed by atoms with Gasteiger partial charge in [0.1, 0.15) is 25.7 Å². The molecule has 0 saturated heterocycles. The van der Waals surface area contributed by atoms with E-state index >= 15 is 0 Å². The molecule has 1 heterocycles. The van der Waals surface area contributed by atoms with Crippen molar-refractivity contribution in [3.63, 3.8) is 0 Å². The van der Waals surface area contributed by atoms with E-state index in [2.05, 4.69) is 0 Å². The standard InChI is InChI=1S/C8H14O4.C6H5NO5S/c1-2-10-5-6-12-8-7-11-4-3-9-1;8-7(9)5-1-3-6(4-2-5)13(10,11)12/h1-2H,3-8H2;1-4H,(H,10,11,12). The van der Waals surface area contributed by atoms with Crippen LogP contribution < -0.4 is 0 Å². The largest absolute Gasteiger partial charge is 0.496 e. The van der Waals surface area contributed by atoms with Crippen LogP contribution in [0.4, 0.5) is 5.69 Å². The summed E-state index contributed by atoms with van der Waals surface area (Å²) in [5, 5.41) is 10.2. The normalized spacial score (nSPS) is 16.0. The molecule has 0 unspecified atom stereocenters. The Morgan fingerprint density at radius 2 is 1.32 bits per heavy atom. The highest BCUT2D eigenvalue weighted by molar-refractivity contribution is 7.85. The van der Waals surface area contributed by atoms with Gasteiger partial charge >= 0.3 is 0 Å². The van der Waals surface area contributed by atoms with E-state index in [1.807, 2.05) is 0 Å². The molecule has 10 nitrogen and oxygen atoms in total. The number of ether oxygens (including phenoxy) is 4. The summed E-state index contributed by atoms with van der Waals surface area (Å²) in [5.41, 5.74) is -0.229. The Hall–Kier alpha value is -2.21. The number of nitro groups is 1. The van der Waals surface area contributed by atoms with Gasteiger partial charge in [-0.15, -0.1) is 0 Å². The Morgan fingerprint density at radius 3 is 1.72 bits per heavy atom. The van der Waals surface area contributed by atoms with E-state index in [1.165, 1.54) is 12.5 Å². The van der Waals surface area contributed by atoms with E-state index in [9.17, 15) is 18.5 Å². The number of rotatable bonds is 2. The summed E-state index contributed by atoms with van der Waals surface area (Å²) in [7, 11) is -4.27. The van der Waals surface area contributed by atoms with Gasteiger partial charge in [0, 0.05) is 12.1 Å². The molecule has 1 N–H and O–H groups in total. The number of benzene rings is 1. The Balaban J connectivity index is 0.000000251. The molecule has 0 amide bonds. The first-order valence-electron chi connectivity index (χ1n) is 7.17. The Bertz CT molecular complexity index is 629. The quantitative estimate of drug-likeness (QED) is 0.460. The van der Waals surface area contributed by atoms with Crippen LogP contribution in [0.5, 0.6) is 0 Å². The molecule has 0 bridgehead atoms. The van der Waals surface area contributed by atoms with Gasteiger partial charge in [0.25, 0.3) is 15.8 Å². The Kier molecular flexibility index (Phi) is 9.47. The number of nitrogens with zero attached hydrogens (tertiary/aromatic N) is 1. The van der Waals surface area contributed by atoms with Gasteiger partial charge in [0.2, 0.25) is 0 Å². The van der Waals surface area contributed by atoms with E-state index in [-0.39, 0.29) is 10.6 Å². The third-order valence-corrected chi connectivity index (χ3v) is 3.52. The van der Waals surface area contributed by atoms with Crippen LogP contribution in [-0.4, -0.2) is 57.5 Å². The van der Waals surface area contributed by atoms with Crippen molar-refractivity contribution >= 4 is 15.8 Å². The van der Waals surface area contributed by atoms with Crippen LogP contribution >= 0.6 is 0 Å². The van der Waals surface area contributed by atoms with Gasteiger partial charge in [-0.1, -0.05) is 0 Å². The summed E-state index contributed by atoms with van der Waals surface area (Å²) in [6, 6.07) is 3.94. The minimum Gasteiger partial charge on any atom is -0.496 e. The highest BCUT2D eigenvalue weighted by Gasteiger charge is 2.11. The van der Waals surface area contributed by atoms with Crippen molar-refractivity contribution in [2.45, 2.75) is 4.90 Å². The first kappa shape index (κ1) is 20.8. The Labute approximate surface area is 144 Å². The van der Waals surface area contributed by atoms with Crippen LogP contribution in [0.1, 0.15) is 0 Å². The predicted octanol–water partition coefficient (Wildman–Crippen LogP) is 1.38. The third kappa shape index (κ3) is 9.62. The van der Waals surface area contributed by atoms with Crippen molar-refractivity contribution in [1.29, 1.82) is 0 Å². The van der Waals surface area contributed by atoms with Gasteiger partial charge in [-0.25, -0.2) is 0 Å². The Morgan fingerprint density at radius 1 is 0.880 bits per heavy atom. The van der Waals surface area contributed by atoms with Crippen molar-refractivity contribution in [3.8, 4) is 0 Å². The van der Waals surface area contributed by atoms with E-state index in [0.717, 1.165) is 24.3 Å². The smallest absolute Gasteiger partial charge is 0.294 e. The molecular formula is C14H19NO9S. The van der Waals surface area contributed by atoms with Crippen molar-refractivity contribution in [2.75, 3.05) is 39.6 Å². The summed E-state index contributed by atoms with van der Waals surface area (Å²) >= 11 is 0. The zero-order valence-electron chi connectivity index (χ0n) is 13.3. The highest BCUT2D eigenvalue weighted by atomic mass is 32.2. The summed E-state index contributed by atoms with van der Waals surface area (Å²) in [6.45, 7) is 3.53. The lowest BCUT2D eigenvalue weighted by Crippen LogP contribution is -2.11. The van der Waals surface area contributed by atoms with Crippen LogP contribution in [0, 0.1) is 10.1 Å². The molecule has 0 spiro atoms. The molecule has 140 valence electrons. The van der Waals surface area contributed by atoms with E-state index in [1.54, 1.807) is 0 Å². The molecule has 0 aromatic heterocycles. The fourth-order valence-corrected chi connectivity index (χ4v) is 1.97. The van der Waals surface area contributed by atoms with Crippen LogP contribution in [0.3, 0.4) is 0 Å². The summed E-state index contributed by atoms with van der Waals surface area (Å²) in [6.07, 6.45) is 3.04. The molecule has 0 aliphatic carbocycles. The van der Waals surface area contributed by atoms with Crippen molar-refractivity contribution in [3.05, 3.63) is 46.9 Å². The van der Waals surface area contributed by atoms with Gasteiger partial charge < -0.3 is 18.9 Å². The lowest BCUT2D eigenvalue weighted by molar-refractivity contribution is -0.384. The molecule has 1 aliphatic heterocycles. The number of hydrogen-bond acceptors (Lipinski definition) is 8. The predicted molar refractivity (Wildman–Crippen MR) is 85.6 cm³/mol. The topological polar surface area (TPSA) is 134 Å². The molecule has 2 rings (SSSR count). The zero-order valence-corrected chi connectivity index (χ0v) is 14.1. The van der Waals surface area contributed by atoms with E-state index in [4.69, 9.17) is 23.5 Å². The van der Waals surface area contributed by atoms with Crippen LogP contribution in [0.25, 0.3) is 0 Å². The lowest BCUT2D eigenvalue weighted by atomic mass is 10.3. The first-order chi connectivity index (χ1) is 11.9. The molecule has 1 aliphatic rings. The first-order valence-corrected chi connectivity index (χ1v) is 8.61. The second kappa shape index (κ2) is 11.4. The van der Waals surface area contributed by atoms with Gasteiger partial charge in [-0.3, -0.25) is 14.7 Å². The minimum atomic E-state index is -4.27. The second-order valence-electron chi connectivity index (χ2n) is 4.46. The SMILES string of the molecule is C1=COCCOCCOCCO1.O=[N+]([O-])c1ccc(S(=O)(=O)O)cc1. The zero-order chi connectivity index (χ0) is 18.5. The second-order valence-corrected chi connectivity index (χ2v) is 5.89. The van der Waals surface area contributed by atoms with Crippen molar-refractivity contribution < 1.29 is 36.8 Å². The molecular weight excluding hydrogens is 358 g/mol. The maximum atomic E-state index is 10.5. The molecule has 0 fully saturated rings. The van der Waals surface area contributed by atoms with Crippen LogP contribution in [-0.2, 0) is 29.1 Å². The maximum absolute atomic E-state index is 10.5. The highest BCUT2D eigenvalue weighted by Crippen LogP contribution is 2.14. The van der Waals surface area contributed by atoms with Crippen molar-refractivity contribution in [1.82, 2.24) is 0 Å². The third-order valence-electron chi connectivity index (χ3n) is 2.66. The number of non-ortho nitro benzene ring substituents is 1. The summed E-state index contributed by atoms with van der Waals surface area (Å²) < 4.78 is 50.0.